The van der Waals surface area contributed by atoms with Crippen molar-refractivity contribution in [2.75, 3.05) is 19.6 Å². The third-order valence-corrected chi connectivity index (χ3v) is 1.77. The van der Waals surface area contributed by atoms with Gasteiger partial charge in [-0.3, -0.25) is 0 Å². The first-order chi connectivity index (χ1) is 5.70. The molecule has 0 amide bonds. The second-order valence-corrected chi connectivity index (χ2v) is 2.56. The lowest BCUT2D eigenvalue weighted by Crippen LogP contribution is -2.23. The maximum Gasteiger partial charge on any atom is 0.327 e. The van der Waals surface area contributed by atoms with Crippen LogP contribution in [0.15, 0.2) is 12.2 Å². The van der Waals surface area contributed by atoms with Gasteiger partial charge in [0.05, 0.1) is 0 Å². The molecule has 12 heavy (non-hydrogen) atoms. The van der Waals surface area contributed by atoms with Crippen molar-refractivity contribution in [3.63, 3.8) is 0 Å². The van der Waals surface area contributed by atoms with Gasteiger partial charge in [-0.2, -0.15) is 0 Å². The zero-order valence-corrected chi connectivity index (χ0v) is 7.79. The summed E-state index contributed by atoms with van der Waals surface area (Å²) >= 11 is 0. The van der Waals surface area contributed by atoms with Crippen molar-refractivity contribution < 1.29 is 9.90 Å². The first kappa shape index (κ1) is 11.2. The van der Waals surface area contributed by atoms with Gasteiger partial charge in [0.2, 0.25) is 0 Å². The van der Waals surface area contributed by atoms with Crippen LogP contribution in [0.25, 0.3) is 0 Å². The molecule has 1 N–H and O–H groups in total. The number of carboxylic acids is 1. The van der Waals surface area contributed by atoms with E-state index in [-0.39, 0.29) is 0 Å². The molecule has 0 aliphatic carbocycles. The molecule has 0 aliphatic heterocycles. The van der Waals surface area contributed by atoms with E-state index in [1.165, 1.54) is 6.08 Å². The van der Waals surface area contributed by atoms with Crippen LogP contribution < -0.4 is 0 Å². The van der Waals surface area contributed by atoms with Crippen LogP contribution in [0.1, 0.15) is 20.3 Å². The van der Waals surface area contributed by atoms with Gasteiger partial charge in [0.1, 0.15) is 0 Å². The van der Waals surface area contributed by atoms with Crippen LogP contribution in [-0.2, 0) is 4.79 Å². The van der Waals surface area contributed by atoms with Gasteiger partial charge in [0.25, 0.3) is 0 Å². The van der Waals surface area contributed by atoms with Crippen LogP contribution in [0.3, 0.4) is 0 Å². The van der Waals surface area contributed by atoms with Crippen LogP contribution in [0.4, 0.5) is 0 Å². The minimum atomic E-state index is -0.866. The summed E-state index contributed by atoms with van der Waals surface area (Å²) in [6, 6.07) is 0. The second-order valence-electron chi connectivity index (χ2n) is 2.56. The maximum absolute atomic E-state index is 10.1. The number of hydrogen-bond acceptors (Lipinski definition) is 2. The SMILES string of the molecule is CCN(CC)CCC=CC(=O)O. The molecule has 0 radical (unpaired) electrons. The Morgan fingerprint density at radius 3 is 2.42 bits per heavy atom. The van der Waals surface area contributed by atoms with Gasteiger partial charge in [-0.1, -0.05) is 19.9 Å². The first-order valence-electron chi connectivity index (χ1n) is 4.32. The number of aliphatic carboxylic acids is 1. The van der Waals surface area contributed by atoms with Gasteiger partial charge in [0, 0.05) is 12.6 Å². The molecule has 0 unspecified atom stereocenters. The van der Waals surface area contributed by atoms with E-state index in [1.807, 2.05) is 0 Å². The Morgan fingerprint density at radius 1 is 1.42 bits per heavy atom. The Morgan fingerprint density at radius 2 is 2.00 bits per heavy atom. The van der Waals surface area contributed by atoms with E-state index in [0.717, 1.165) is 26.1 Å². The van der Waals surface area contributed by atoms with Gasteiger partial charge in [-0.05, 0) is 19.5 Å². The summed E-state index contributed by atoms with van der Waals surface area (Å²) in [7, 11) is 0. The molecule has 0 fully saturated rings. The van der Waals surface area contributed by atoms with Crippen LogP contribution in [0.2, 0.25) is 0 Å². The van der Waals surface area contributed by atoms with Crippen molar-refractivity contribution in [2.45, 2.75) is 20.3 Å². The minimum Gasteiger partial charge on any atom is -0.478 e. The summed E-state index contributed by atoms with van der Waals surface area (Å²) < 4.78 is 0. The van der Waals surface area contributed by atoms with Crippen LogP contribution >= 0.6 is 0 Å². The maximum atomic E-state index is 10.1. The molecule has 70 valence electrons. The highest BCUT2D eigenvalue weighted by atomic mass is 16.4. The fourth-order valence-corrected chi connectivity index (χ4v) is 0.981. The largest absolute Gasteiger partial charge is 0.478 e. The van der Waals surface area contributed by atoms with Gasteiger partial charge >= 0.3 is 5.97 Å². The summed E-state index contributed by atoms with van der Waals surface area (Å²) in [5, 5.41) is 8.29. The van der Waals surface area contributed by atoms with E-state index in [1.54, 1.807) is 6.08 Å². The summed E-state index contributed by atoms with van der Waals surface area (Å²) in [4.78, 5) is 12.3. The van der Waals surface area contributed by atoms with Gasteiger partial charge < -0.3 is 10.0 Å². The van der Waals surface area contributed by atoms with Crippen molar-refractivity contribution in [3.8, 4) is 0 Å². The third kappa shape index (κ3) is 5.92. The first-order valence-corrected chi connectivity index (χ1v) is 4.32. The number of rotatable bonds is 6. The molecule has 0 bridgehead atoms. The Kier molecular flexibility index (Phi) is 6.38. The van der Waals surface area contributed by atoms with Crippen molar-refractivity contribution in [3.05, 3.63) is 12.2 Å². The van der Waals surface area contributed by atoms with E-state index in [4.69, 9.17) is 5.11 Å². The molecule has 3 heteroatoms. The van der Waals surface area contributed by atoms with E-state index in [9.17, 15) is 4.79 Å². The fourth-order valence-electron chi connectivity index (χ4n) is 0.981. The third-order valence-electron chi connectivity index (χ3n) is 1.77. The molecule has 0 atom stereocenters. The fraction of sp³-hybridized carbons (Fsp3) is 0.667. The number of hydrogen-bond donors (Lipinski definition) is 1. The standard InChI is InChI=1S/C9H17NO2/c1-3-10(4-2)8-6-5-7-9(11)12/h5,7H,3-4,6,8H2,1-2H3,(H,11,12). The molecule has 0 aromatic rings. The molecule has 0 saturated heterocycles. The second kappa shape index (κ2) is 6.85. The van der Waals surface area contributed by atoms with E-state index in [2.05, 4.69) is 18.7 Å². The highest BCUT2D eigenvalue weighted by molar-refractivity contribution is 5.79. The molecule has 0 aromatic carbocycles. The molecule has 0 spiro atoms. The van der Waals surface area contributed by atoms with Gasteiger partial charge in [-0.25, -0.2) is 4.79 Å². The monoisotopic (exact) mass is 171 g/mol. The average Bonchev–Trinajstić information content (AvgIpc) is 2.04. The lowest BCUT2D eigenvalue weighted by molar-refractivity contribution is -0.131. The van der Waals surface area contributed by atoms with Crippen molar-refractivity contribution >= 4 is 5.97 Å². The number of nitrogens with zero attached hydrogens (tertiary/aromatic N) is 1. The van der Waals surface area contributed by atoms with Crippen LogP contribution in [0.5, 0.6) is 0 Å². The van der Waals surface area contributed by atoms with Crippen molar-refractivity contribution in [1.82, 2.24) is 4.90 Å². The summed E-state index contributed by atoms with van der Waals surface area (Å²) in [6.07, 6.45) is 3.71. The predicted octanol–water partition coefficient (Wildman–Crippen LogP) is 1.36. The average molecular weight is 171 g/mol. The van der Waals surface area contributed by atoms with E-state index >= 15 is 0 Å². The van der Waals surface area contributed by atoms with Crippen LogP contribution in [-0.4, -0.2) is 35.6 Å². The molecule has 0 aromatic heterocycles. The zero-order valence-electron chi connectivity index (χ0n) is 7.79. The Hall–Kier alpha value is -0.830. The number of carbonyl (C=O) groups is 1. The van der Waals surface area contributed by atoms with E-state index < -0.39 is 5.97 Å². The number of carboxylic acid groups (broad SMARTS) is 1. The minimum absolute atomic E-state index is 0.813. The highest BCUT2D eigenvalue weighted by Crippen LogP contribution is 1.91. The lowest BCUT2D eigenvalue weighted by Gasteiger charge is -2.15. The van der Waals surface area contributed by atoms with Crippen LogP contribution in [0, 0.1) is 0 Å². The van der Waals surface area contributed by atoms with E-state index in [0.29, 0.717) is 0 Å². The Bertz CT molecular complexity index is 151. The lowest BCUT2D eigenvalue weighted by atomic mass is 10.3. The zero-order chi connectivity index (χ0) is 9.40. The normalized spacial score (nSPS) is 11.2. The predicted molar refractivity (Wildman–Crippen MR) is 49.2 cm³/mol. The summed E-state index contributed by atoms with van der Waals surface area (Å²) in [6.45, 7) is 7.19. The van der Waals surface area contributed by atoms with Gasteiger partial charge in [-0.15, -0.1) is 0 Å². The molecule has 0 saturated carbocycles. The highest BCUT2D eigenvalue weighted by Gasteiger charge is 1.95. The molecule has 0 aliphatic rings. The van der Waals surface area contributed by atoms with Crippen molar-refractivity contribution in [2.24, 2.45) is 0 Å². The molecular weight excluding hydrogens is 154 g/mol. The smallest absolute Gasteiger partial charge is 0.327 e. The Balaban J connectivity index is 3.47. The molecule has 0 heterocycles. The quantitative estimate of drug-likeness (QED) is 0.613. The van der Waals surface area contributed by atoms with Gasteiger partial charge in [0.15, 0.2) is 0 Å². The van der Waals surface area contributed by atoms with Crippen molar-refractivity contribution in [1.29, 1.82) is 0 Å². The topological polar surface area (TPSA) is 40.5 Å². The molecule has 0 rings (SSSR count). The molecular formula is C9H17NO2. The summed E-state index contributed by atoms with van der Waals surface area (Å²) in [5.74, 6) is -0.866. The molecule has 3 nitrogen and oxygen atoms in total. The Labute approximate surface area is 73.7 Å². The summed E-state index contributed by atoms with van der Waals surface area (Å²) in [5.41, 5.74) is 0.